The molecule has 1 fully saturated rings. The summed E-state index contributed by atoms with van der Waals surface area (Å²) in [7, 11) is 0. The highest BCUT2D eigenvalue weighted by atomic mass is 16.5. The molecule has 0 unspecified atom stereocenters. The molecule has 0 radical (unpaired) electrons. The molecule has 0 spiro atoms. The maximum Gasteiger partial charge on any atom is 0.181 e. The van der Waals surface area contributed by atoms with Gasteiger partial charge >= 0.3 is 0 Å². The highest BCUT2D eigenvalue weighted by Gasteiger charge is 2.55. The van der Waals surface area contributed by atoms with E-state index >= 15 is 0 Å². The van der Waals surface area contributed by atoms with Gasteiger partial charge in [0.1, 0.15) is 6.07 Å². The molecule has 18 heavy (non-hydrogen) atoms. The van der Waals surface area contributed by atoms with Gasteiger partial charge in [0, 0.05) is 5.41 Å². The van der Waals surface area contributed by atoms with Crippen LogP contribution in [0.2, 0.25) is 0 Å². The summed E-state index contributed by atoms with van der Waals surface area (Å²) in [5, 5.41) is 9.17. The number of nitriles is 1. The third-order valence-corrected chi connectivity index (χ3v) is 4.60. The number of carbonyl (C=O) groups is 1. The van der Waals surface area contributed by atoms with Gasteiger partial charge in [-0.3, -0.25) is 4.79 Å². The summed E-state index contributed by atoms with van der Waals surface area (Å²) in [6.45, 7) is 7.99. The Morgan fingerprint density at radius 3 is 2.78 bits per heavy atom. The van der Waals surface area contributed by atoms with Gasteiger partial charge in [0.15, 0.2) is 5.78 Å². The third kappa shape index (κ3) is 1.71. The van der Waals surface area contributed by atoms with Crippen LogP contribution < -0.4 is 0 Å². The molecule has 2 rings (SSSR count). The third-order valence-electron chi connectivity index (χ3n) is 4.60. The van der Waals surface area contributed by atoms with Crippen molar-refractivity contribution in [2.45, 2.75) is 59.2 Å². The zero-order valence-corrected chi connectivity index (χ0v) is 11.6. The van der Waals surface area contributed by atoms with E-state index in [9.17, 15) is 4.79 Å². The number of hydrogen-bond donors (Lipinski definition) is 0. The minimum Gasteiger partial charge on any atom is -0.373 e. The van der Waals surface area contributed by atoms with Gasteiger partial charge < -0.3 is 4.74 Å². The van der Waals surface area contributed by atoms with Crippen molar-refractivity contribution in [3.8, 4) is 6.07 Å². The number of fused-ring (bicyclic) bond motifs is 1. The highest BCUT2D eigenvalue weighted by Crippen LogP contribution is 2.52. The minimum absolute atomic E-state index is 0.0758. The van der Waals surface area contributed by atoms with Gasteiger partial charge in [-0.25, -0.2) is 0 Å². The first-order valence-corrected chi connectivity index (χ1v) is 6.70. The van der Waals surface area contributed by atoms with Crippen molar-refractivity contribution in [2.24, 2.45) is 10.8 Å². The molecule has 1 saturated heterocycles. The van der Waals surface area contributed by atoms with Crippen molar-refractivity contribution in [1.29, 1.82) is 5.26 Å². The quantitative estimate of drug-likeness (QED) is 0.715. The molecule has 0 saturated carbocycles. The molecule has 98 valence electrons. The Morgan fingerprint density at radius 1 is 1.56 bits per heavy atom. The Morgan fingerprint density at radius 2 is 2.22 bits per heavy atom. The Bertz CT molecular complexity index is 444. The normalized spacial score (nSPS) is 38.6. The van der Waals surface area contributed by atoms with E-state index < -0.39 is 5.41 Å². The molecule has 0 bridgehead atoms. The summed E-state index contributed by atoms with van der Waals surface area (Å²) in [6, 6.07) is 2.07. The zero-order chi connectivity index (χ0) is 13.6. The van der Waals surface area contributed by atoms with Crippen LogP contribution in [0.3, 0.4) is 0 Å². The number of nitrogens with zero attached hydrogens (tertiary/aromatic N) is 1. The number of ether oxygens (including phenoxy) is 1. The van der Waals surface area contributed by atoms with Crippen molar-refractivity contribution in [2.75, 3.05) is 0 Å². The highest BCUT2D eigenvalue weighted by molar-refractivity contribution is 6.04. The fraction of sp³-hybridized carbons (Fsp3) is 0.733. The predicted molar refractivity (Wildman–Crippen MR) is 68.8 cm³/mol. The maximum absolute atomic E-state index is 12.3. The maximum atomic E-state index is 12.3. The predicted octanol–water partition coefficient (Wildman–Crippen LogP) is 3.01. The summed E-state index contributed by atoms with van der Waals surface area (Å²) in [4.78, 5) is 12.3. The first kappa shape index (κ1) is 13.3. The fourth-order valence-corrected chi connectivity index (χ4v) is 3.44. The molecule has 0 amide bonds. The van der Waals surface area contributed by atoms with E-state index in [-0.39, 0.29) is 23.4 Å². The molecule has 0 aromatic rings. The van der Waals surface area contributed by atoms with Gasteiger partial charge in [0.25, 0.3) is 0 Å². The topological polar surface area (TPSA) is 50.1 Å². The van der Waals surface area contributed by atoms with E-state index in [0.29, 0.717) is 5.57 Å². The van der Waals surface area contributed by atoms with E-state index in [4.69, 9.17) is 10.00 Å². The van der Waals surface area contributed by atoms with E-state index in [2.05, 4.69) is 19.9 Å². The zero-order valence-electron chi connectivity index (χ0n) is 11.6. The number of allylic oxidation sites excluding steroid dienone is 1. The minimum atomic E-state index is -0.607. The molecule has 1 aliphatic heterocycles. The van der Waals surface area contributed by atoms with Crippen molar-refractivity contribution < 1.29 is 9.53 Å². The number of ketones is 1. The molecule has 3 nitrogen and oxygen atoms in total. The lowest BCUT2D eigenvalue weighted by atomic mass is 9.58. The summed E-state index contributed by atoms with van der Waals surface area (Å²) in [5.41, 5.74) is -0.435. The Kier molecular flexibility index (Phi) is 3.11. The summed E-state index contributed by atoms with van der Waals surface area (Å²) in [6.07, 6.45) is 4.87. The fourth-order valence-electron chi connectivity index (χ4n) is 3.44. The molecule has 1 heterocycles. The second-order valence-corrected chi connectivity index (χ2v) is 6.17. The lowest BCUT2D eigenvalue weighted by Crippen LogP contribution is -2.56. The molecule has 0 aromatic carbocycles. The van der Waals surface area contributed by atoms with Crippen molar-refractivity contribution >= 4 is 5.78 Å². The number of carbonyl (C=O) groups excluding carboxylic acids is 1. The Balaban J connectivity index is 2.55. The van der Waals surface area contributed by atoms with Gasteiger partial charge in [-0.15, -0.1) is 0 Å². The Labute approximate surface area is 109 Å². The van der Waals surface area contributed by atoms with Gasteiger partial charge in [0.2, 0.25) is 0 Å². The number of rotatable bonds is 1. The number of Topliss-reactive ketones (excluding diaryl/α,β-unsaturated/α-hetero) is 1. The summed E-state index contributed by atoms with van der Waals surface area (Å²) < 4.78 is 6.09. The van der Waals surface area contributed by atoms with Crippen molar-refractivity contribution in [1.82, 2.24) is 0 Å². The van der Waals surface area contributed by atoms with Crippen LogP contribution in [0, 0.1) is 22.2 Å². The molecule has 3 heteroatoms. The largest absolute Gasteiger partial charge is 0.373 e. The molecular formula is C15H21NO2. The molecule has 2 aliphatic rings. The van der Waals surface area contributed by atoms with Crippen LogP contribution in [0.5, 0.6) is 0 Å². The molecule has 1 aliphatic carbocycles. The van der Waals surface area contributed by atoms with E-state index in [1.807, 2.05) is 19.9 Å². The molecular weight excluding hydrogens is 226 g/mol. The first-order chi connectivity index (χ1) is 8.37. The van der Waals surface area contributed by atoms with Crippen LogP contribution in [0.15, 0.2) is 11.6 Å². The average Bonchev–Trinajstić information content (AvgIpc) is 2.35. The van der Waals surface area contributed by atoms with Crippen molar-refractivity contribution in [3.63, 3.8) is 0 Å². The van der Waals surface area contributed by atoms with Crippen LogP contribution in [0.25, 0.3) is 0 Å². The molecule has 0 N–H and O–H groups in total. The summed E-state index contributed by atoms with van der Waals surface area (Å²) in [5.74, 6) is -0.0758. The summed E-state index contributed by atoms with van der Waals surface area (Å²) >= 11 is 0. The average molecular weight is 247 g/mol. The lowest BCUT2D eigenvalue weighted by Gasteiger charge is -2.52. The van der Waals surface area contributed by atoms with E-state index in [0.717, 1.165) is 19.3 Å². The van der Waals surface area contributed by atoms with E-state index in [1.165, 1.54) is 0 Å². The first-order valence-electron chi connectivity index (χ1n) is 6.70. The standard InChI is InChI=1S/C15H21NO2/c1-5-15-7-6-10(2)18-13(15)14(3,4)12(17)11(8-15)9-16/h8,10,13H,5-7H2,1-4H3/t10-,13+,15+/m1/s1. The number of hydrogen-bond acceptors (Lipinski definition) is 3. The van der Waals surface area contributed by atoms with Crippen LogP contribution in [-0.4, -0.2) is 18.0 Å². The van der Waals surface area contributed by atoms with Gasteiger partial charge in [-0.1, -0.05) is 13.0 Å². The van der Waals surface area contributed by atoms with E-state index in [1.54, 1.807) is 0 Å². The monoisotopic (exact) mass is 247 g/mol. The van der Waals surface area contributed by atoms with Gasteiger partial charge in [-0.05, 0) is 40.0 Å². The smallest absolute Gasteiger partial charge is 0.181 e. The van der Waals surface area contributed by atoms with Crippen LogP contribution in [0.1, 0.15) is 47.0 Å². The van der Waals surface area contributed by atoms with Gasteiger partial charge in [0.05, 0.1) is 23.2 Å². The second kappa shape index (κ2) is 4.20. The molecule has 3 atom stereocenters. The van der Waals surface area contributed by atoms with Crippen LogP contribution in [-0.2, 0) is 9.53 Å². The second-order valence-electron chi connectivity index (χ2n) is 6.17. The van der Waals surface area contributed by atoms with Crippen LogP contribution in [0.4, 0.5) is 0 Å². The SMILES string of the molecule is CC[C@]12C=C(C#N)C(=O)C(C)(C)[C@@H]1O[C@H](C)CC2. The lowest BCUT2D eigenvalue weighted by molar-refractivity contribution is -0.171. The van der Waals surface area contributed by atoms with Crippen LogP contribution >= 0.6 is 0 Å². The molecule has 0 aromatic heterocycles. The van der Waals surface area contributed by atoms with Crippen molar-refractivity contribution in [3.05, 3.63) is 11.6 Å². The van der Waals surface area contributed by atoms with Gasteiger partial charge in [-0.2, -0.15) is 5.26 Å². The Hall–Kier alpha value is -1.14.